The standard InChI is InChI=1S/C30H28N2O2/c1-22-13-15-25(16-14-22)29-28(24-11-7-4-8-12-24)31(21-23-9-5-3-6-10-23)30(33)32(29)26-17-19-27(34-2)20-18-26/h3-20,28-29H,21H2,1-2H3/t28-,29-/m0/s1. The van der Waals surface area contributed by atoms with Crippen LogP contribution in [0.15, 0.2) is 109 Å². The smallest absolute Gasteiger partial charge is 0.326 e. The number of ether oxygens (including phenoxy) is 1. The number of carbonyl (C=O) groups is 1. The lowest BCUT2D eigenvalue weighted by Gasteiger charge is -2.29. The van der Waals surface area contributed by atoms with E-state index in [0.29, 0.717) is 6.54 Å². The van der Waals surface area contributed by atoms with E-state index in [1.807, 2.05) is 70.5 Å². The second-order valence-corrected chi connectivity index (χ2v) is 8.68. The zero-order valence-corrected chi connectivity index (χ0v) is 19.5. The first-order valence-electron chi connectivity index (χ1n) is 11.5. The second kappa shape index (κ2) is 9.44. The van der Waals surface area contributed by atoms with Gasteiger partial charge in [-0.2, -0.15) is 0 Å². The fraction of sp³-hybridized carbons (Fsp3) is 0.167. The molecular weight excluding hydrogens is 420 g/mol. The fourth-order valence-electron chi connectivity index (χ4n) is 4.76. The van der Waals surface area contributed by atoms with Gasteiger partial charge in [0.05, 0.1) is 19.2 Å². The van der Waals surface area contributed by atoms with Gasteiger partial charge in [-0.25, -0.2) is 4.79 Å². The van der Waals surface area contributed by atoms with Crippen LogP contribution in [0.1, 0.15) is 34.3 Å². The number of amides is 2. The zero-order valence-electron chi connectivity index (χ0n) is 19.5. The van der Waals surface area contributed by atoms with Crippen LogP contribution in [0.3, 0.4) is 0 Å². The molecule has 4 nitrogen and oxygen atoms in total. The van der Waals surface area contributed by atoms with Gasteiger partial charge in [0.1, 0.15) is 5.75 Å². The van der Waals surface area contributed by atoms with Crippen LogP contribution in [0, 0.1) is 6.92 Å². The van der Waals surface area contributed by atoms with Crippen molar-refractivity contribution < 1.29 is 9.53 Å². The highest BCUT2D eigenvalue weighted by atomic mass is 16.5. The molecule has 0 bridgehead atoms. The summed E-state index contributed by atoms with van der Waals surface area (Å²) in [4.78, 5) is 18.1. The largest absolute Gasteiger partial charge is 0.497 e. The second-order valence-electron chi connectivity index (χ2n) is 8.68. The third kappa shape index (κ3) is 4.15. The Morgan fingerprint density at radius 2 is 1.29 bits per heavy atom. The number of rotatable bonds is 6. The first-order chi connectivity index (χ1) is 16.7. The van der Waals surface area contributed by atoms with Crippen LogP contribution in [0.25, 0.3) is 0 Å². The molecule has 0 N–H and O–H groups in total. The molecule has 34 heavy (non-hydrogen) atoms. The number of methoxy groups -OCH3 is 1. The Hall–Kier alpha value is -4.05. The minimum absolute atomic E-state index is 0.00607. The van der Waals surface area contributed by atoms with E-state index in [9.17, 15) is 4.79 Å². The molecule has 0 aromatic heterocycles. The summed E-state index contributed by atoms with van der Waals surface area (Å²) in [5.74, 6) is 0.767. The van der Waals surface area contributed by atoms with Crippen molar-refractivity contribution in [1.82, 2.24) is 4.90 Å². The number of urea groups is 1. The molecule has 5 rings (SSSR count). The number of nitrogens with zero attached hydrogens (tertiary/aromatic N) is 2. The van der Waals surface area contributed by atoms with Crippen LogP contribution < -0.4 is 9.64 Å². The van der Waals surface area contributed by atoms with Gasteiger partial charge in [0.15, 0.2) is 0 Å². The summed E-state index contributed by atoms with van der Waals surface area (Å²) in [7, 11) is 1.65. The Kier molecular flexibility index (Phi) is 6.05. The van der Waals surface area contributed by atoms with E-state index in [2.05, 4.69) is 55.5 Å². The third-order valence-electron chi connectivity index (χ3n) is 6.47. The molecular formula is C30H28N2O2. The van der Waals surface area contributed by atoms with Gasteiger partial charge >= 0.3 is 6.03 Å². The van der Waals surface area contributed by atoms with Crippen molar-refractivity contribution in [3.63, 3.8) is 0 Å². The van der Waals surface area contributed by atoms with Crippen LogP contribution in [-0.2, 0) is 6.54 Å². The van der Waals surface area contributed by atoms with Gasteiger partial charge in [-0.15, -0.1) is 0 Å². The van der Waals surface area contributed by atoms with Crippen LogP contribution in [0.4, 0.5) is 10.5 Å². The first kappa shape index (κ1) is 21.8. The predicted octanol–water partition coefficient (Wildman–Crippen LogP) is 6.93. The van der Waals surface area contributed by atoms with Gasteiger partial charge in [-0.1, -0.05) is 90.5 Å². The van der Waals surface area contributed by atoms with Crippen molar-refractivity contribution in [2.45, 2.75) is 25.6 Å². The highest BCUT2D eigenvalue weighted by molar-refractivity contribution is 5.96. The number of anilines is 1. The van der Waals surface area contributed by atoms with Crippen molar-refractivity contribution in [3.05, 3.63) is 131 Å². The van der Waals surface area contributed by atoms with E-state index in [1.54, 1.807) is 7.11 Å². The maximum absolute atomic E-state index is 14.1. The number of carbonyl (C=O) groups excluding carboxylic acids is 1. The fourth-order valence-corrected chi connectivity index (χ4v) is 4.76. The lowest BCUT2D eigenvalue weighted by Crippen LogP contribution is -2.32. The SMILES string of the molecule is COc1ccc(N2C(=O)N(Cc3ccccc3)[C@@H](c3ccccc3)[C@@H]2c2ccc(C)cc2)cc1. The predicted molar refractivity (Wildman–Crippen MR) is 136 cm³/mol. The number of hydrogen-bond acceptors (Lipinski definition) is 2. The molecule has 1 aliphatic rings. The monoisotopic (exact) mass is 448 g/mol. The average Bonchev–Trinajstić information content (AvgIpc) is 3.17. The Bertz CT molecular complexity index is 1240. The lowest BCUT2D eigenvalue weighted by molar-refractivity contribution is 0.200. The van der Waals surface area contributed by atoms with Gasteiger partial charge in [-0.05, 0) is 47.9 Å². The molecule has 4 aromatic rings. The van der Waals surface area contributed by atoms with Crippen molar-refractivity contribution in [1.29, 1.82) is 0 Å². The van der Waals surface area contributed by atoms with Gasteiger partial charge in [0, 0.05) is 12.2 Å². The highest BCUT2D eigenvalue weighted by Crippen LogP contribution is 2.48. The number of hydrogen-bond donors (Lipinski definition) is 0. The molecule has 4 heteroatoms. The molecule has 0 aliphatic carbocycles. The van der Waals surface area contributed by atoms with E-state index in [1.165, 1.54) is 5.56 Å². The Morgan fingerprint density at radius 3 is 1.91 bits per heavy atom. The summed E-state index contributed by atoms with van der Waals surface area (Å²) in [5, 5.41) is 0. The van der Waals surface area contributed by atoms with Crippen molar-refractivity contribution in [2.24, 2.45) is 0 Å². The molecule has 2 amide bonds. The maximum atomic E-state index is 14.1. The molecule has 0 radical (unpaired) electrons. The van der Waals surface area contributed by atoms with E-state index in [-0.39, 0.29) is 18.1 Å². The van der Waals surface area contributed by atoms with Crippen molar-refractivity contribution in [2.75, 3.05) is 12.0 Å². The van der Waals surface area contributed by atoms with Crippen molar-refractivity contribution >= 4 is 11.7 Å². The summed E-state index contributed by atoms with van der Waals surface area (Å²) in [6.45, 7) is 2.62. The Morgan fingerprint density at radius 1 is 0.706 bits per heavy atom. The normalized spacial score (nSPS) is 17.8. The van der Waals surface area contributed by atoms with E-state index in [0.717, 1.165) is 28.1 Å². The number of aryl methyl sites for hydroxylation is 1. The number of benzene rings is 4. The molecule has 1 aliphatic heterocycles. The summed E-state index contributed by atoms with van der Waals surface area (Å²) < 4.78 is 5.36. The van der Waals surface area contributed by atoms with Gasteiger partial charge in [0.2, 0.25) is 0 Å². The minimum Gasteiger partial charge on any atom is -0.497 e. The Labute approximate surface area is 201 Å². The molecule has 0 saturated carbocycles. The molecule has 0 spiro atoms. The van der Waals surface area contributed by atoms with E-state index < -0.39 is 0 Å². The summed E-state index contributed by atoms with van der Waals surface area (Å²) in [6, 6.07) is 36.5. The van der Waals surface area contributed by atoms with Gasteiger partial charge < -0.3 is 9.64 Å². The third-order valence-corrected chi connectivity index (χ3v) is 6.47. The average molecular weight is 449 g/mol. The molecule has 0 unspecified atom stereocenters. The van der Waals surface area contributed by atoms with E-state index >= 15 is 0 Å². The van der Waals surface area contributed by atoms with Crippen LogP contribution >= 0.6 is 0 Å². The quantitative estimate of drug-likeness (QED) is 0.320. The molecule has 170 valence electrons. The van der Waals surface area contributed by atoms with Crippen LogP contribution in [0.5, 0.6) is 5.75 Å². The summed E-state index contributed by atoms with van der Waals surface area (Å²) >= 11 is 0. The molecule has 2 atom stereocenters. The molecule has 1 saturated heterocycles. The lowest BCUT2D eigenvalue weighted by atomic mass is 9.92. The van der Waals surface area contributed by atoms with Crippen LogP contribution in [0.2, 0.25) is 0 Å². The van der Waals surface area contributed by atoms with Gasteiger partial charge in [-0.3, -0.25) is 4.90 Å². The minimum atomic E-state index is -0.174. The highest BCUT2D eigenvalue weighted by Gasteiger charge is 2.47. The molecule has 1 heterocycles. The zero-order chi connectivity index (χ0) is 23.5. The maximum Gasteiger partial charge on any atom is 0.326 e. The molecule has 1 fully saturated rings. The summed E-state index contributed by atoms with van der Waals surface area (Å²) in [6.07, 6.45) is 0. The van der Waals surface area contributed by atoms with Gasteiger partial charge in [0.25, 0.3) is 0 Å². The topological polar surface area (TPSA) is 32.8 Å². The first-order valence-corrected chi connectivity index (χ1v) is 11.5. The Balaban J connectivity index is 1.66. The summed E-state index contributed by atoms with van der Waals surface area (Å²) in [5.41, 5.74) is 5.39. The van der Waals surface area contributed by atoms with Crippen LogP contribution in [-0.4, -0.2) is 18.0 Å². The van der Waals surface area contributed by atoms with E-state index in [4.69, 9.17) is 4.74 Å². The van der Waals surface area contributed by atoms with Crippen molar-refractivity contribution in [3.8, 4) is 5.75 Å². The molecule has 4 aromatic carbocycles.